The van der Waals surface area contributed by atoms with Gasteiger partial charge in [-0.3, -0.25) is 77.3 Å². The van der Waals surface area contributed by atoms with Gasteiger partial charge in [0.1, 0.15) is 20.0 Å². The van der Waals surface area contributed by atoms with E-state index in [1.165, 1.54) is 43.6 Å². The van der Waals surface area contributed by atoms with Gasteiger partial charge in [-0.25, -0.2) is 19.2 Å². The highest BCUT2D eigenvalue weighted by Gasteiger charge is 2.64. The minimum Gasteiger partial charge on any atom is -0.466 e. The molecule has 7 aromatic carbocycles. The van der Waals surface area contributed by atoms with Gasteiger partial charge in [0.2, 0.25) is 11.2 Å². The maximum atomic E-state index is 14.1. The third-order valence-corrected chi connectivity index (χ3v) is 23.6. The van der Waals surface area contributed by atoms with Gasteiger partial charge in [-0.1, -0.05) is 111 Å². The molecule has 7 amide bonds. The molecule has 606 valence electrons. The summed E-state index contributed by atoms with van der Waals surface area (Å²) >= 11 is 0. The van der Waals surface area contributed by atoms with Crippen LogP contribution in [0.4, 0.5) is 39.8 Å². The molecular formula is C91H87N7O20. The summed E-state index contributed by atoms with van der Waals surface area (Å²) < 4.78 is 21.0. The van der Waals surface area contributed by atoms with Gasteiger partial charge >= 0.3 is 35.7 Å². The molecule has 9 aliphatic rings. The second kappa shape index (κ2) is 29.4. The van der Waals surface area contributed by atoms with Crippen LogP contribution in [0.15, 0.2) is 134 Å². The average molecular weight is 1600 g/mol. The zero-order valence-electron chi connectivity index (χ0n) is 68.3. The molecule has 9 heterocycles. The van der Waals surface area contributed by atoms with Crippen LogP contribution in [0.25, 0.3) is 0 Å². The number of amides is 7. The Balaban J connectivity index is 0.000000144. The third kappa shape index (κ3) is 12.5. The van der Waals surface area contributed by atoms with Crippen LogP contribution in [0.5, 0.6) is 0 Å². The molecule has 4 atom stereocenters. The molecule has 7 aromatic rings. The first-order valence-corrected chi connectivity index (χ1v) is 37.8. The fourth-order valence-electron chi connectivity index (χ4n) is 17.8. The van der Waals surface area contributed by atoms with Crippen LogP contribution >= 0.6 is 0 Å². The van der Waals surface area contributed by atoms with E-state index in [4.69, 9.17) is 18.9 Å². The van der Waals surface area contributed by atoms with Crippen LogP contribution in [0, 0.1) is 96.9 Å². The molecule has 2 saturated heterocycles. The van der Waals surface area contributed by atoms with Gasteiger partial charge in [-0.2, -0.15) is 0 Å². The summed E-state index contributed by atoms with van der Waals surface area (Å²) in [4.78, 5) is 187. The number of methoxy groups -OCH3 is 2. The van der Waals surface area contributed by atoms with Gasteiger partial charge in [-0.15, -0.1) is 0 Å². The highest BCUT2D eigenvalue weighted by atomic mass is 16.6. The molecule has 27 nitrogen and oxygen atoms in total. The number of ether oxygens (including phenoxy) is 4. The van der Waals surface area contributed by atoms with E-state index < -0.39 is 118 Å². The number of rotatable bonds is 12. The van der Waals surface area contributed by atoms with E-state index in [-0.39, 0.29) is 55.1 Å². The van der Waals surface area contributed by atoms with Gasteiger partial charge in [-0.05, 0) is 175 Å². The van der Waals surface area contributed by atoms with Crippen LogP contribution < -0.4 is 34.7 Å². The normalized spacial score (nSPS) is 20.7. The number of aryl methyl sites for hydroxylation is 14. The number of carbonyl (C=O) groups is 14. The first-order chi connectivity index (χ1) is 55.4. The summed E-state index contributed by atoms with van der Waals surface area (Å²) in [5, 5.41) is 26.3. The summed E-state index contributed by atoms with van der Waals surface area (Å²) in [5.74, 6) is -8.57. The molecule has 9 aliphatic heterocycles. The topological polar surface area (TPSA) is 348 Å². The largest absolute Gasteiger partial charge is 0.466 e. The summed E-state index contributed by atoms with van der Waals surface area (Å²) in [7, 11) is 2.36. The quantitative estimate of drug-likeness (QED) is 0.0443. The number of aliphatic hydroxyl groups is 2. The molecule has 0 aliphatic carbocycles. The number of anilines is 7. The number of esters is 4. The third-order valence-electron chi connectivity index (χ3n) is 23.6. The molecule has 2 fully saturated rings. The van der Waals surface area contributed by atoms with Gasteiger partial charge in [0.15, 0.2) is 11.2 Å². The van der Waals surface area contributed by atoms with Crippen molar-refractivity contribution >= 4 is 122 Å². The lowest BCUT2D eigenvalue weighted by Crippen LogP contribution is -2.49. The molecular weight excluding hydrogens is 1510 g/mol. The Hall–Kier alpha value is -13.4. The molecule has 118 heavy (non-hydrogen) atoms. The van der Waals surface area contributed by atoms with E-state index in [1.807, 2.05) is 104 Å². The fraction of sp³-hybridized carbons (Fsp3) is 0.297. The summed E-state index contributed by atoms with van der Waals surface area (Å²) in [6, 6.07) is 25.7. The Labute approximate surface area is 679 Å². The van der Waals surface area contributed by atoms with Crippen molar-refractivity contribution in [1.29, 1.82) is 0 Å². The van der Waals surface area contributed by atoms with Crippen LogP contribution in [-0.2, 0) is 94.1 Å². The number of carbonyl (C=O) groups excluding carboxylic acids is 14. The van der Waals surface area contributed by atoms with Crippen molar-refractivity contribution in [2.75, 3.05) is 68.9 Å². The van der Waals surface area contributed by atoms with E-state index in [1.54, 1.807) is 77.9 Å². The van der Waals surface area contributed by atoms with E-state index in [2.05, 4.69) is 31.6 Å². The number of Topliss-reactive ketones (excluding diaryl/α,β-unsaturated/α-hetero) is 3. The predicted molar refractivity (Wildman–Crippen MR) is 435 cm³/mol. The SMILES string of the molecule is C=C(CC1(O)C(=O)N(CN2C(=O)C(O)(CC(=C)C(=O)OC)c3c(C)ccc(C)c32)c2c(C)ccc(C)c21)C(=O)OC.C=C1CC2(OC1=O)C(=O)N(CN1C(=O)C3(CC(=C)C(=O)O3)c3c(C)ccc(C)c31)c1c(C)ccc(C)c12.Cc1ccc(C)c2c1C(=O)C(=O)N2CN1C(=O)C(=O)c2c(C)ccc(C)c21.Cc1ccc(C)c2c1NC(=O)C2=O. The van der Waals surface area contributed by atoms with E-state index in [0.29, 0.717) is 112 Å². The van der Waals surface area contributed by atoms with Crippen molar-refractivity contribution in [2.45, 2.75) is 145 Å². The Kier molecular flexibility index (Phi) is 20.6. The molecule has 0 radical (unpaired) electrons. The second-order valence-electron chi connectivity index (χ2n) is 31.5. The molecule has 0 bridgehead atoms. The number of nitrogens with one attached hydrogen (secondary N) is 1. The molecule has 2 spiro atoms. The predicted octanol–water partition coefficient (Wildman–Crippen LogP) is 10.6. The molecule has 27 heteroatoms. The lowest BCUT2D eigenvalue weighted by atomic mass is 9.85. The Morgan fingerprint density at radius 3 is 0.958 bits per heavy atom. The van der Waals surface area contributed by atoms with Gasteiger partial charge in [0.05, 0.1) is 70.7 Å². The standard InChI is InChI=1S/C31H34N2O8.C29H26N2O6.C21H18N2O4.C10H9NO2/c1-16-9-11-18(3)24-22(16)30(38,13-20(5)26(34)40-7)28(36)32(24)15-33-25-19(4)12-10-17(2)23(25)31(39,29(33)37)14-21(6)27(35)41-8;1-14-7-9-16(3)22-20(14)28(11-18(5)24(32)36-28)26(34)30(22)13-31-23-17(4)10-8-15(2)21(23)29(27(31)35)12-19(6)25(33)37-29;1-10-5-7-12(3)16-14(10)18(24)20(26)22(16)9-23-17-13(4)8-6-11(2)15(17)19(25)21(23)27;1-5-3-4-6(2)8-7(5)9(12)10(13)11-8/h9-12,38-39H,5-6,13-15H2,1-4,7-8H3;7-10H,5-6,11-13H2,1-4H3;5-8H,9H2,1-4H3;3-4H,1-2H3,(H,11,12,13). The van der Waals surface area contributed by atoms with Crippen molar-refractivity contribution in [3.05, 3.63) is 250 Å². The van der Waals surface area contributed by atoms with Gasteiger partial charge in [0.25, 0.3) is 46.9 Å². The Bertz CT molecular complexity index is 5600. The second-order valence-corrected chi connectivity index (χ2v) is 31.5. The molecule has 0 saturated carbocycles. The van der Waals surface area contributed by atoms with Gasteiger partial charge < -0.3 is 34.5 Å². The van der Waals surface area contributed by atoms with E-state index in [0.717, 1.165) is 44.5 Å². The molecule has 16 rings (SSSR count). The number of benzene rings is 7. The first-order valence-electron chi connectivity index (χ1n) is 37.8. The summed E-state index contributed by atoms with van der Waals surface area (Å²) in [6.07, 6.45) is -0.749. The smallest absolute Gasteiger partial charge is 0.335 e. The highest BCUT2D eigenvalue weighted by molar-refractivity contribution is 6.55. The van der Waals surface area contributed by atoms with Crippen molar-refractivity contribution in [3.8, 4) is 0 Å². The maximum Gasteiger partial charge on any atom is 0.335 e. The van der Waals surface area contributed by atoms with Crippen LogP contribution in [-0.4, -0.2) is 127 Å². The lowest BCUT2D eigenvalue weighted by Gasteiger charge is -2.29. The van der Waals surface area contributed by atoms with E-state index in [9.17, 15) is 77.3 Å². The number of hydrogen-bond donors (Lipinski definition) is 3. The van der Waals surface area contributed by atoms with Gasteiger partial charge in [0, 0.05) is 70.2 Å². The Morgan fingerprint density at radius 2 is 0.644 bits per heavy atom. The van der Waals surface area contributed by atoms with Crippen LogP contribution in [0.1, 0.15) is 157 Å². The van der Waals surface area contributed by atoms with Crippen molar-refractivity contribution in [1.82, 2.24) is 0 Å². The zero-order chi connectivity index (χ0) is 86.4. The van der Waals surface area contributed by atoms with Crippen molar-refractivity contribution in [3.63, 3.8) is 0 Å². The number of ketones is 3. The monoisotopic (exact) mass is 1600 g/mol. The van der Waals surface area contributed by atoms with Crippen molar-refractivity contribution in [2.24, 2.45) is 0 Å². The minimum absolute atomic E-state index is 0.0442. The lowest BCUT2D eigenvalue weighted by molar-refractivity contribution is -0.156. The summed E-state index contributed by atoms with van der Waals surface area (Å²) in [6.45, 7) is 39.8. The van der Waals surface area contributed by atoms with Crippen molar-refractivity contribution < 1.29 is 96.3 Å². The fourth-order valence-corrected chi connectivity index (χ4v) is 17.8. The number of fused-ring (bicyclic) bond motifs is 9. The molecule has 3 N–H and O–H groups in total. The zero-order valence-corrected chi connectivity index (χ0v) is 68.3. The average Bonchev–Trinajstić information content (AvgIpc) is 1.54. The summed E-state index contributed by atoms with van der Waals surface area (Å²) in [5.41, 5.74) is 10.3. The number of hydrogen-bond acceptors (Lipinski definition) is 20. The van der Waals surface area contributed by atoms with Crippen LogP contribution in [0.2, 0.25) is 0 Å². The minimum atomic E-state index is -2.15. The molecule has 4 unspecified atom stereocenters. The first kappa shape index (κ1) is 82.6. The molecule has 0 aromatic heterocycles. The van der Waals surface area contributed by atoms with Crippen LogP contribution in [0.3, 0.4) is 0 Å². The highest BCUT2D eigenvalue weighted by Crippen LogP contribution is 2.57. The maximum absolute atomic E-state index is 14.1. The number of nitrogens with zero attached hydrogens (tertiary/aromatic N) is 6. The Morgan fingerprint density at radius 1 is 0.373 bits per heavy atom. The van der Waals surface area contributed by atoms with E-state index >= 15 is 0 Å².